The number of likely N-dealkylation sites (tertiary alicyclic amines) is 1. The highest BCUT2D eigenvalue weighted by Crippen LogP contribution is 2.13. The van der Waals surface area contributed by atoms with Gasteiger partial charge in [0.2, 0.25) is 0 Å². The van der Waals surface area contributed by atoms with Crippen LogP contribution < -0.4 is 5.32 Å². The van der Waals surface area contributed by atoms with E-state index in [0.717, 1.165) is 6.54 Å². The molecule has 3 nitrogen and oxygen atoms in total. The van der Waals surface area contributed by atoms with Gasteiger partial charge in [0.1, 0.15) is 0 Å². The third-order valence-corrected chi connectivity index (χ3v) is 3.23. The maximum Gasteiger partial charge on any atom is 0.251 e. The number of hydrogen-bond acceptors (Lipinski definition) is 2. The SMILES string of the molecule is C=CCNC(=O)c1ccc(CN2CCCC2)cc1. The molecule has 0 aliphatic carbocycles. The Hall–Kier alpha value is -1.61. The summed E-state index contributed by atoms with van der Waals surface area (Å²) in [5, 5.41) is 2.77. The van der Waals surface area contributed by atoms with Crippen molar-refractivity contribution in [2.75, 3.05) is 19.6 Å². The molecular formula is C15H20N2O. The zero-order valence-electron chi connectivity index (χ0n) is 10.7. The highest BCUT2D eigenvalue weighted by Gasteiger charge is 2.11. The van der Waals surface area contributed by atoms with E-state index >= 15 is 0 Å². The van der Waals surface area contributed by atoms with Crippen molar-refractivity contribution in [2.45, 2.75) is 19.4 Å². The molecule has 1 aliphatic heterocycles. The van der Waals surface area contributed by atoms with Gasteiger partial charge >= 0.3 is 0 Å². The largest absolute Gasteiger partial charge is 0.349 e. The molecule has 0 radical (unpaired) electrons. The van der Waals surface area contributed by atoms with Crippen molar-refractivity contribution in [1.82, 2.24) is 10.2 Å². The van der Waals surface area contributed by atoms with E-state index in [9.17, 15) is 4.79 Å². The van der Waals surface area contributed by atoms with E-state index in [1.54, 1.807) is 6.08 Å². The van der Waals surface area contributed by atoms with Crippen LogP contribution in [0.15, 0.2) is 36.9 Å². The standard InChI is InChI=1S/C15H20N2O/c1-2-9-16-15(18)14-7-5-13(6-8-14)12-17-10-3-4-11-17/h2,5-8H,1,3-4,9-12H2,(H,16,18). The van der Waals surface area contributed by atoms with Crippen LogP contribution in [0.1, 0.15) is 28.8 Å². The van der Waals surface area contributed by atoms with Gasteiger partial charge in [0.15, 0.2) is 0 Å². The summed E-state index contributed by atoms with van der Waals surface area (Å²) >= 11 is 0. The summed E-state index contributed by atoms with van der Waals surface area (Å²) in [4.78, 5) is 14.1. The van der Waals surface area contributed by atoms with Crippen LogP contribution in [0.3, 0.4) is 0 Å². The number of carbonyl (C=O) groups excluding carboxylic acids is 1. The third-order valence-electron chi connectivity index (χ3n) is 3.23. The van der Waals surface area contributed by atoms with Crippen LogP contribution in [-0.2, 0) is 6.54 Å². The molecule has 2 rings (SSSR count). The first-order valence-corrected chi connectivity index (χ1v) is 6.50. The van der Waals surface area contributed by atoms with E-state index in [4.69, 9.17) is 0 Å². The molecule has 1 aromatic rings. The van der Waals surface area contributed by atoms with Crippen LogP contribution in [0.25, 0.3) is 0 Å². The van der Waals surface area contributed by atoms with Crippen molar-refractivity contribution in [3.05, 3.63) is 48.0 Å². The van der Waals surface area contributed by atoms with Crippen LogP contribution in [0.4, 0.5) is 0 Å². The summed E-state index contributed by atoms with van der Waals surface area (Å²) in [6.07, 6.45) is 4.30. The van der Waals surface area contributed by atoms with E-state index in [-0.39, 0.29) is 5.91 Å². The highest BCUT2D eigenvalue weighted by molar-refractivity contribution is 5.94. The minimum Gasteiger partial charge on any atom is -0.349 e. The first kappa shape index (κ1) is 12.8. The highest BCUT2D eigenvalue weighted by atomic mass is 16.1. The molecule has 0 spiro atoms. The van der Waals surface area contributed by atoms with Crippen molar-refractivity contribution in [3.63, 3.8) is 0 Å². The molecule has 3 heteroatoms. The van der Waals surface area contributed by atoms with Crippen LogP contribution in [-0.4, -0.2) is 30.4 Å². The predicted molar refractivity (Wildman–Crippen MR) is 73.5 cm³/mol. The fourth-order valence-corrected chi connectivity index (χ4v) is 2.23. The lowest BCUT2D eigenvalue weighted by Gasteiger charge is -2.14. The first-order valence-electron chi connectivity index (χ1n) is 6.50. The molecule has 1 fully saturated rings. The summed E-state index contributed by atoms with van der Waals surface area (Å²) in [7, 11) is 0. The van der Waals surface area contributed by atoms with Crippen molar-refractivity contribution < 1.29 is 4.79 Å². The molecule has 0 saturated carbocycles. The summed E-state index contributed by atoms with van der Waals surface area (Å²) in [6.45, 7) is 7.47. The van der Waals surface area contributed by atoms with E-state index in [2.05, 4.69) is 16.8 Å². The van der Waals surface area contributed by atoms with Gasteiger partial charge in [-0.3, -0.25) is 9.69 Å². The second-order valence-electron chi connectivity index (χ2n) is 4.68. The molecule has 0 unspecified atom stereocenters. The maximum atomic E-state index is 11.7. The van der Waals surface area contributed by atoms with Gasteiger partial charge < -0.3 is 5.32 Å². The molecule has 1 saturated heterocycles. The lowest BCUT2D eigenvalue weighted by molar-refractivity contribution is 0.0958. The molecular weight excluding hydrogens is 224 g/mol. The van der Waals surface area contributed by atoms with Crippen molar-refractivity contribution in [2.24, 2.45) is 0 Å². The van der Waals surface area contributed by atoms with E-state index in [0.29, 0.717) is 12.1 Å². The van der Waals surface area contributed by atoms with Gasteiger partial charge in [0.25, 0.3) is 5.91 Å². The van der Waals surface area contributed by atoms with E-state index in [1.165, 1.54) is 31.5 Å². The number of carbonyl (C=O) groups is 1. The molecule has 1 N–H and O–H groups in total. The molecule has 96 valence electrons. The zero-order valence-corrected chi connectivity index (χ0v) is 10.7. The van der Waals surface area contributed by atoms with Gasteiger partial charge in [-0.2, -0.15) is 0 Å². The second-order valence-corrected chi connectivity index (χ2v) is 4.68. The van der Waals surface area contributed by atoms with Crippen molar-refractivity contribution in [3.8, 4) is 0 Å². The van der Waals surface area contributed by atoms with E-state index in [1.807, 2.05) is 24.3 Å². The summed E-state index contributed by atoms with van der Waals surface area (Å²) in [5.41, 5.74) is 1.99. The Balaban J connectivity index is 1.91. The summed E-state index contributed by atoms with van der Waals surface area (Å²) < 4.78 is 0. The maximum absolute atomic E-state index is 11.7. The lowest BCUT2D eigenvalue weighted by Crippen LogP contribution is -2.23. The Bertz CT molecular complexity index is 405. The van der Waals surface area contributed by atoms with Gasteiger partial charge in [-0.25, -0.2) is 0 Å². The van der Waals surface area contributed by atoms with Crippen LogP contribution in [0, 0.1) is 0 Å². The van der Waals surface area contributed by atoms with Crippen molar-refractivity contribution >= 4 is 5.91 Å². The van der Waals surface area contributed by atoms with Gasteiger partial charge in [-0.15, -0.1) is 6.58 Å². The van der Waals surface area contributed by atoms with Gasteiger partial charge in [-0.05, 0) is 43.6 Å². The third kappa shape index (κ3) is 3.44. The predicted octanol–water partition coefficient (Wildman–Crippen LogP) is 2.20. The molecule has 0 bridgehead atoms. The Labute approximate surface area is 108 Å². The number of hydrogen-bond donors (Lipinski definition) is 1. The number of nitrogens with one attached hydrogen (secondary N) is 1. The molecule has 1 aliphatic rings. The summed E-state index contributed by atoms with van der Waals surface area (Å²) in [5.74, 6) is -0.0392. The van der Waals surface area contributed by atoms with Crippen LogP contribution >= 0.6 is 0 Å². The first-order chi connectivity index (χ1) is 8.79. The second kappa shape index (κ2) is 6.36. The normalized spacial score (nSPS) is 15.6. The van der Waals surface area contributed by atoms with E-state index < -0.39 is 0 Å². The van der Waals surface area contributed by atoms with Crippen LogP contribution in [0.2, 0.25) is 0 Å². The average molecular weight is 244 g/mol. The Kier molecular flexibility index (Phi) is 4.53. The Morgan fingerprint density at radius 2 is 1.94 bits per heavy atom. The molecule has 0 aromatic heterocycles. The molecule has 1 heterocycles. The van der Waals surface area contributed by atoms with Gasteiger partial charge in [0, 0.05) is 18.7 Å². The quantitative estimate of drug-likeness (QED) is 0.805. The molecule has 0 atom stereocenters. The number of rotatable bonds is 5. The molecule has 1 aromatic carbocycles. The van der Waals surface area contributed by atoms with Crippen LogP contribution in [0.5, 0.6) is 0 Å². The van der Waals surface area contributed by atoms with Gasteiger partial charge in [0.05, 0.1) is 0 Å². The fraction of sp³-hybridized carbons (Fsp3) is 0.400. The number of nitrogens with zero attached hydrogens (tertiary/aromatic N) is 1. The Morgan fingerprint density at radius 1 is 1.28 bits per heavy atom. The number of benzene rings is 1. The number of amides is 1. The van der Waals surface area contributed by atoms with Gasteiger partial charge in [-0.1, -0.05) is 18.2 Å². The molecule has 18 heavy (non-hydrogen) atoms. The lowest BCUT2D eigenvalue weighted by atomic mass is 10.1. The topological polar surface area (TPSA) is 32.3 Å². The fourth-order valence-electron chi connectivity index (χ4n) is 2.23. The monoisotopic (exact) mass is 244 g/mol. The average Bonchev–Trinajstić information content (AvgIpc) is 2.89. The minimum absolute atomic E-state index is 0.0392. The van der Waals surface area contributed by atoms with Crippen molar-refractivity contribution in [1.29, 1.82) is 0 Å². The smallest absolute Gasteiger partial charge is 0.251 e. The minimum atomic E-state index is -0.0392. The zero-order chi connectivity index (χ0) is 12.8. The summed E-state index contributed by atoms with van der Waals surface area (Å²) in [6, 6.07) is 7.87. The molecule has 1 amide bonds. The Morgan fingerprint density at radius 3 is 2.56 bits per heavy atom.